The normalized spacial score (nSPS) is 20.3. The molecule has 0 bridgehead atoms. The number of methoxy groups -OCH3 is 1. The van der Waals surface area contributed by atoms with Crippen molar-refractivity contribution < 1.29 is 13.9 Å². The number of nitrogens with zero attached hydrogens (tertiary/aromatic N) is 1. The van der Waals surface area contributed by atoms with Crippen molar-refractivity contribution in [2.45, 2.75) is 18.4 Å². The fraction of sp³-hybridized carbons (Fsp3) is 0.538. The van der Waals surface area contributed by atoms with Crippen molar-refractivity contribution in [1.82, 2.24) is 15.6 Å². The van der Waals surface area contributed by atoms with Gasteiger partial charge < -0.3 is 15.4 Å². The fourth-order valence-electron chi connectivity index (χ4n) is 2.37. The van der Waals surface area contributed by atoms with Crippen LogP contribution in [-0.2, 0) is 4.74 Å². The summed E-state index contributed by atoms with van der Waals surface area (Å²) >= 11 is 0. The standard InChI is InChI=1S/C13H18FN3O2.2ClH/c1-19-9-13(4-2-5-17-13)8-16-12(18)10-3-6-15-7-11(10)14;;/h3,6-7,17H,2,4-5,8-9H2,1H3,(H,16,18);2*1H. The minimum atomic E-state index is -0.611. The van der Waals surface area contributed by atoms with Crippen molar-refractivity contribution in [2.24, 2.45) is 0 Å². The number of carbonyl (C=O) groups is 1. The highest BCUT2D eigenvalue weighted by molar-refractivity contribution is 5.94. The van der Waals surface area contributed by atoms with Crippen LogP contribution in [0.15, 0.2) is 18.5 Å². The Balaban J connectivity index is 0.00000200. The summed E-state index contributed by atoms with van der Waals surface area (Å²) in [6, 6.07) is 1.37. The summed E-state index contributed by atoms with van der Waals surface area (Å²) in [7, 11) is 1.63. The molecule has 21 heavy (non-hydrogen) atoms. The lowest BCUT2D eigenvalue weighted by molar-refractivity contribution is 0.0888. The van der Waals surface area contributed by atoms with Crippen LogP contribution in [0, 0.1) is 5.82 Å². The maximum absolute atomic E-state index is 13.4. The van der Waals surface area contributed by atoms with E-state index in [0.717, 1.165) is 25.6 Å². The van der Waals surface area contributed by atoms with Gasteiger partial charge in [0.1, 0.15) is 0 Å². The van der Waals surface area contributed by atoms with Gasteiger partial charge in [-0.05, 0) is 25.5 Å². The minimum Gasteiger partial charge on any atom is -0.383 e. The molecule has 120 valence electrons. The molecular formula is C13H20Cl2FN3O2. The predicted molar refractivity (Wildman–Crippen MR) is 82.9 cm³/mol. The molecule has 0 aromatic carbocycles. The van der Waals surface area contributed by atoms with Crippen LogP contribution >= 0.6 is 24.8 Å². The molecule has 0 radical (unpaired) electrons. The molecule has 0 saturated carbocycles. The average Bonchev–Trinajstić information content (AvgIpc) is 2.86. The van der Waals surface area contributed by atoms with E-state index < -0.39 is 11.7 Å². The molecule has 5 nitrogen and oxygen atoms in total. The van der Waals surface area contributed by atoms with E-state index in [2.05, 4.69) is 15.6 Å². The largest absolute Gasteiger partial charge is 0.383 e. The van der Waals surface area contributed by atoms with Crippen LogP contribution in [-0.4, -0.2) is 43.2 Å². The molecular weight excluding hydrogens is 320 g/mol. The highest BCUT2D eigenvalue weighted by Gasteiger charge is 2.33. The van der Waals surface area contributed by atoms with E-state index >= 15 is 0 Å². The second-order valence-corrected chi connectivity index (χ2v) is 4.78. The highest BCUT2D eigenvalue weighted by atomic mass is 35.5. The Morgan fingerprint density at radius 3 is 2.90 bits per heavy atom. The lowest BCUT2D eigenvalue weighted by Crippen LogP contribution is -2.53. The van der Waals surface area contributed by atoms with Gasteiger partial charge in [-0.3, -0.25) is 9.78 Å². The molecule has 1 atom stereocenters. The van der Waals surface area contributed by atoms with Crippen LogP contribution in [0.2, 0.25) is 0 Å². The molecule has 1 aliphatic heterocycles. The Hall–Kier alpha value is -0.950. The van der Waals surface area contributed by atoms with E-state index in [1.54, 1.807) is 7.11 Å². The first-order valence-electron chi connectivity index (χ1n) is 6.28. The van der Waals surface area contributed by atoms with E-state index in [0.29, 0.717) is 13.2 Å². The number of nitrogens with one attached hydrogen (secondary N) is 2. The van der Waals surface area contributed by atoms with Crippen LogP contribution in [0.5, 0.6) is 0 Å². The zero-order chi connectivity index (χ0) is 13.7. The van der Waals surface area contributed by atoms with Gasteiger partial charge in [0.2, 0.25) is 0 Å². The number of hydrogen-bond donors (Lipinski definition) is 2. The summed E-state index contributed by atoms with van der Waals surface area (Å²) in [5.41, 5.74) is -0.228. The van der Waals surface area contributed by atoms with Crippen molar-refractivity contribution in [2.75, 3.05) is 26.8 Å². The quantitative estimate of drug-likeness (QED) is 0.854. The molecule has 8 heteroatoms. The summed E-state index contributed by atoms with van der Waals surface area (Å²) in [6.45, 7) is 1.84. The molecule has 1 saturated heterocycles. The molecule has 1 aromatic heterocycles. The van der Waals surface area contributed by atoms with Crippen molar-refractivity contribution in [3.63, 3.8) is 0 Å². The average molecular weight is 340 g/mol. The lowest BCUT2D eigenvalue weighted by Gasteiger charge is -2.28. The molecule has 2 heterocycles. The number of ether oxygens (including phenoxy) is 1. The zero-order valence-corrected chi connectivity index (χ0v) is 13.4. The SMILES string of the molecule is COCC1(CNC(=O)c2ccncc2F)CCCN1.Cl.Cl. The molecule has 1 aromatic rings. The maximum Gasteiger partial charge on any atom is 0.254 e. The van der Waals surface area contributed by atoms with Gasteiger partial charge in [-0.2, -0.15) is 0 Å². The summed E-state index contributed by atoms with van der Waals surface area (Å²) in [6.07, 6.45) is 4.41. The van der Waals surface area contributed by atoms with Crippen molar-refractivity contribution in [3.05, 3.63) is 29.8 Å². The number of hydrogen-bond acceptors (Lipinski definition) is 4. The molecule has 1 aliphatic rings. The van der Waals surface area contributed by atoms with Gasteiger partial charge in [-0.1, -0.05) is 0 Å². The fourth-order valence-corrected chi connectivity index (χ4v) is 2.37. The van der Waals surface area contributed by atoms with Crippen LogP contribution < -0.4 is 10.6 Å². The Bertz CT molecular complexity index is 457. The van der Waals surface area contributed by atoms with E-state index in [9.17, 15) is 9.18 Å². The monoisotopic (exact) mass is 339 g/mol. The first-order valence-corrected chi connectivity index (χ1v) is 6.28. The summed E-state index contributed by atoms with van der Waals surface area (Å²) < 4.78 is 18.6. The van der Waals surface area contributed by atoms with Gasteiger partial charge in [0.05, 0.1) is 23.9 Å². The van der Waals surface area contributed by atoms with Crippen LogP contribution in [0.1, 0.15) is 23.2 Å². The third-order valence-corrected chi connectivity index (χ3v) is 3.36. The van der Waals surface area contributed by atoms with Crippen molar-refractivity contribution in [3.8, 4) is 0 Å². The van der Waals surface area contributed by atoms with Crippen molar-refractivity contribution in [1.29, 1.82) is 0 Å². The first kappa shape index (κ1) is 20.1. The third-order valence-electron chi connectivity index (χ3n) is 3.36. The smallest absolute Gasteiger partial charge is 0.254 e. The Kier molecular flexibility index (Phi) is 8.73. The zero-order valence-electron chi connectivity index (χ0n) is 11.7. The summed E-state index contributed by atoms with van der Waals surface area (Å²) in [5.74, 6) is -1.04. The number of amides is 1. The molecule has 1 amide bonds. The predicted octanol–water partition coefficient (Wildman–Crippen LogP) is 1.56. The molecule has 1 unspecified atom stereocenters. The van der Waals surface area contributed by atoms with Gasteiger partial charge in [-0.25, -0.2) is 4.39 Å². The van der Waals surface area contributed by atoms with Crippen LogP contribution in [0.25, 0.3) is 0 Å². The number of pyridine rings is 1. The van der Waals surface area contributed by atoms with E-state index in [-0.39, 0.29) is 35.9 Å². The Morgan fingerprint density at radius 2 is 2.33 bits per heavy atom. The second-order valence-electron chi connectivity index (χ2n) is 4.78. The van der Waals surface area contributed by atoms with Gasteiger partial charge in [0, 0.05) is 19.9 Å². The lowest BCUT2D eigenvalue weighted by atomic mass is 9.98. The molecule has 0 aliphatic carbocycles. The maximum atomic E-state index is 13.4. The topological polar surface area (TPSA) is 63.2 Å². The second kappa shape index (κ2) is 9.15. The Morgan fingerprint density at radius 1 is 1.57 bits per heavy atom. The van der Waals surface area contributed by atoms with Gasteiger partial charge in [0.15, 0.2) is 5.82 Å². The van der Waals surface area contributed by atoms with Gasteiger partial charge in [0.25, 0.3) is 5.91 Å². The summed E-state index contributed by atoms with van der Waals surface area (Å²) in [4.78, 5) is 15.5. The number of halogens is 3. The van der Waals surface area contributed by atoms with Gasteiger partial charge in [-0.15, -0.1) is 24.8 Å². The third kappa shape index (κ3) is 5.07. The molecule has 0 spiro atoms. The van der Waals surface area contributed by atoms with E-state index in [1.165, 1.54) is 12.3 Å². The Labute approximate surface area is 135 Å². The first-order chi connectivity index (χ1) is 9.17. The molecule has 1 fully saturated rings. The molecule has 2 N–H and O–H groups in total. The van der Waals surface area contributed by atoms with E-state index in [4.69, 9.17) is 4.74 Å². The van der Waals surface area contributed by atoms with Crippen LogP contribution in [0.3, 0.4) is 0 Å². The van der Waals surface area contributed by atoms with Crippen molar-refractivity contribution >= 4 is 30.7 Å². The minimum absolute atomic E-state index is 0. The number of carbonyl (C=O) groups excluding carboxylic acids is 1. The molecule has 2 rings (SSSR count). The number of aromatic nitrogens is 1. The number of rotatable bonds is 5. The highest BCUT2D eigenvalue weighted by Crippen LogP contribution is 2.19. The van der Waals surface area contributed by atoms with E-state index in [1.807, 2.05) is 0 Å². The van der Waals surface area contributed by atoms with Gasteiger partial charge >= 0.3 is 0 Å². The van der Waals surface area contributed by atoms with Crippen LogP contribution in [0.4, 0.5) is 4.39 Å². The summed E-state index contributed by atoms with van der Waals surface area (Å²) in [5, 5.41) is 6.10.